The first-order valence-electron chi connectivity index (χ1n) is 10.1. The summed E-state index contributed by atoms with van der Waals surface area (Å²) in [4.78, 5) is 24.7. The van der Waals surface area contributed by atoms with Gasteiger partial charge in [-0.05, 0) is 43.5 Å². The van der Waals surface area contributed by atoms with Crippen molar-refractivity contribution < 1.29 is 4.79 Å². The van der Waals surface area contributed by atoms with Crippen LogP contribution in [0.25, 0.3) is 10.9 Å². The van der Waals surface area contributed by atoms with E-state index in [9.17, 15) is 4.79 Å². The Morgan fingerprint density at radius 2 is 1.90 bits per heavy atom. The van der Waals surface area contributed by atoms with Crippen molar-refractivity contribution in [3.8, 4) is 0 Å². The Balaban J connectivity index is 1.38. The summed E-state index contributed by atoms with van der Waals surface area (Å²) in [5.41, 5.74) is 5.71. The second-order valence-electron chi connectivity index (χ2n) is 7.43. The maximum atomic E-state index is 12.6. The SMILES string of the molecule is Cc1cccc(CNC(=O)c2cc(C)nc(NCCc3c[nH]c4ccccc34)n2)c1. The van der Waals surface area contributed by atoms with Gasteiger partial charge in [0.1, 0.15) is 5.69 Å². The average molecular weight is 399 g/mol. The minimum atomic E-state index is -0.207. The molecule has 0 bridgehead atoms. The molecule has 0 saturated carbocycles. The molecule has 6 nitrogen and oxygen atoms in total. The number of para-hydroxylation sites is 1. The number of H-pyrrole nitrogens is 1. The van der Waals surface area contributed by atoms with Gasteiger partial charge < -0.3 is 15.6 Å². The molecular formula is C24H25N5O. The van der Waals surface area contributed by atoms with E-state index in [0.717, 1.165) is 23.2 Å². The van der Waals surface area contributed by atoms with E-state index in [0.29, 0.717) is 24.7 Å². The van der Waals surface area contributed by atoms with Gasteiger partial charge in [-0.25, -0.2) is 9.97 Å². The minimum Gasteiger partial charge on any atom is -0.361 e. The Kier molecular flexibility index (Phi) is 5.75. The number of hydrogen-bond donors (Lipinski definition) is 3. The highest BCUT2D eigenvalue weighted by atomic mass is 16.1. The summed E-state index contributed by atoms with van der Waals surface area (Å²) in [7, 11) is 0. The number of aromatic nitrogens is 3. The van der Waals surface area contributed by atoms with Gasteiger partial charge in [-0.3, -0.25) is 4.79 Å². The summed E-state index contributed by atoms with van der Waals surface area (Å²) in [6.45, 7) is 5.04. The van der Waals surface area contributed by atoms with Gasteiger partial charge in [0, 0.05) is 35.9 Å². The normalized spacial score (nSPS) is 10.9. The third-order valence-corrected chi connectivity index (χ3v) is 4.97. The van der Waals surface area contributed by atoms with E-state index in [1.54, 1.807) is 6.07 Å². The molecular weight excluding hydrogens is 374 g/mol. The monoisotopic (exact) mass is 399 g/mol. The molecule has 3 N–H and O–H groups in total. The van der Waals surface area contributed by atoms with Crippen molar-refractivity contribution in [3.63, 3.8) is 0 Å². The first-order chi connectivity index (χ1) is 14.6. The molecule has 0 fully saturated rings. The van der Waals surface area contributed by atoms with Crippen molar-refractivity contribution in [3.05, 3.63) is 88.9 Å². The van der Waals surface area contributed by atoms with Crippen molar-refractivity contribution in [1.82, 2.24) is 20.3 Å². The number of carbonyl (C=O) groups is 1. The number of fused-ring (bicyclic) bond motifs is 1. The van der Waals surface area contributed by atoms with Crippen LogP contribution in [0.4, 0.5) is 5.95 Å². The Morgan fingerprint density at radius 3 is 2.77 bits per heavy atom. The molecule has 2 aromatic carbocycles. The number of carbonyl (C=O) groups excluding carboxylic acids is 1. The molecule has 0 unspecified atom stereocenters. The Hall–Kier alpha value is -3.67. The number of benzene rings is 2. The van der Waals surface area contributed by atoms with Crippen LogP contribution >= 0.6 is 0 Å². The van der Waals surface area contributed by atoms with Gasteiger partial charge in [-0.2, -0.15) is 0 Å². The maximum Gasteiger partial charge on any atom is 0.270 e. The van der Waals surface area contributed by atoms with Crippen molar-refractivity contribution >= 4 is 22.8 Å². The third kappa shape index (κ3) is 4.66. The summed E-state index contributed by atoms with van der Waals surface area (Å²) in [6, 6.07) is 18.0. The molecule has 0 atom stereocenters. The quantitative estimate of drug-likeness (QED) is 0.436. The zero-order valence-corrected chi connectivity index (χ0v) is 17.2. The summed E-state index contributed by atoms with van der Waals surface area (Å²) in [5, 5.41) is 7.41. The molecule has 0 aliphatic heterocycles. The molecule has 152 valence electrons. The molecule has 0 saturated heterocycles. The van der Waals surface area contributed by atoms with Crippen LogP contribution in [0, 0.1) is 13.8 Å². The fourth-order valence-corrected chi connectivity index (χ4v) is 3.51. The summed E-state index contributed by atoms with van der Waals surface area (Å²) in [6.07, 6.45) is 2.86. The van der Waals surface area contributed by atoms with Crippen LogP contribution in [0.1, 0.15) is 32.9 Å². The summed E-state index contributed by atoms with van der Waals surface area (Å²) in [5.74, 6) is 0.261. The Labute approximate surface area is 175 Å². The van der Waals surface area contributed by atoms with Crippen LogP contribution in [0.2, 0.25) is 0 Å². The van der Waals surface area contributed by atoms with Crippen LogP contribution in [0.3, 0.4) is 0 Å². The van der Waals surface area contributed by atoms with Gasteiger partial charge in [-0.15, -0.1) is 0 Å². The molecule has 0 aliphatic rings. The van der Waals surface area contributed by atoms with Gasteiger partial charge in [0.2, 0.25) is 5.95 Å². The van der Waals surface area contributed by atoms with Gasteiger partial charge >= 0.3 is 0 Å². The molecule has 1 amide bonds. The van der Waals surface area contributed by atoms with E-state index in [1.165, 1.54) is 16.5 Å². The molecule has 6 heteroatoms. The third-order valence-electron chi connectivity index (χ3n) is 4.97. The highest BCUT2D eigenvalue weighted by molar-refractivity contribution is 5.92. The van der Waals surface area contributed by atoms with Crippen LogP contribution in [0.15, 0.2) is 60.8 Å². The topological polar surface area (TPSA) is 82.7 Å². The average Bonchev–Trinajstić information content (AvgIpc) is 3.15. The van der Waals surface area contributed by atoms with Crippen molar-refractivity contribution in [2.75, 3.05) is 11.9 Å². The lowest BCUT2D eigenvalue weighted by atomic mass is 10.1. The molecule has 4 rings (SSSR count). The molecule has 2 aromatic heterocycles. The second-order valence-corrected chi connectivity index (χ2v) is 7.43. The van der Waals surface area contributed by atoms with E-state index in [4.69, 9.17) is 0 Å². The van der Waals surface area contributed by atoms with Gasteiger partial charge in [0.25, 0.3) is 5.91 Å². The predicted octanol–water partition coefficient (Wildman–Crippen LogP) is 4.16. The number of rotatable bonds is 7. The lowest BCUT2D eigenvalue weighted by Crippen LogP contribution is -2.24. The van der Waals surface area contributed by atoms with Crippen LogP contribution < -0.4 is 10.6 Å². The Bertz CT molecular complexity index is 1180. The van der Waals surface area contributed by atoms with E-state index in [2.05, 4.69) is 43.8 Å². The predicted molar refractivity (Wildman–Crippen MR) is 120 cm³/mol. The van der Waals surface area contributed by atoms with Gasteiger partial charge in [0.05, 0.1) is 0 Å². The molecule has 0 radical (unpaired) electrons. The molecule has 4 aromatic rings. The largest absolute Gasteiger partial charge is 0.361 e. The summed E-state index contributed by atoms with van der Waals surface area (Å²) < 4.78 is 0. The van der Waals surface area contributed by atoms with Crippen LogP contribution in [0.5, 0.6) is 0 Å². The maximum absolute atomic E-state index is 12.6. The van der Waals surface area contributed by atoms with E-state index in [1.807, 2.05) is 50.4 Å². The number of hydrogen-bond acceptors (Lipinski definition) is 4. The van der Waals surface area contributed by atoms with Gasteiger partial charge in [-0.1, -0.05) is 48.0 Å². The van der Waals surface area contributed by atoms with Gasteiger partial charge in [0.15, 0.2) is 0 Å². The van der Waals surface area contributed by atoms with Crippen molar-refractivity contribution in [2.45, 2.75) is 26.8 Å². The number of nitrogens with one attached hydrogen (secondary N) is 3. The van der Waals surface area contributed by atoms with E-state index < -0.39 is 0 Å². The van der Waals surface area contributed by atoms with Crippen molar-refractivity contribution in [2.24, 2.45) is 0 Å². The fourth-order valence-electron chi connectivity index (χ4n) is 3.51. The van der Waals surface area contributed by atoms with E-state index >= 15 is 0 Å². The second kappa shape index (κ2) is 8.78. The standard InChI is InChI=1S/C24H25N5O/c1-16-6-5-7-18(12-16)14-27-23(30)22-13-17(2)28-24(29-22)25-11-10-19-15-26-21-9-4-3-8-20(19)21/h3-9,12-13,15,26H,10-11,14H2,1-2H3,(H,27,30)(H,25,28,29). The number of aromatic amines is 1. The molecule has 0 aliphatic carbocycles. The summed E-state index contributed by atoms with van der Waals surface area (Å²) >= 11 is 0. The molecule has 30 heavy (non-hydrogen) atoms. The van der Waals surface area contributed by atoms with E-state index in [-0.39, 0.29) is 5.91 Å². The smallest absolute Gasteiger partial charge is 0.270 e. The molecule has 0 spiro atoms. The zero-order valence-electron chi connectivity index (χ0n) is 17.2. The van der Waals surface area contributed by atoms with Crippen LogP contribution in [-0.4, -0.2) is 27.4 Å². The number of anilines is 1. The zero-order chi connectivity index (χ0) is 20.9. The first kappa shape index (κ1) is 19.6. The molecule has 2 heterocycles. The number of aryl methyl sites for hydroxylation is 2. The lowest BCUT2D eigenvalue weighted by Gasteiger charge is -2.09. The lowest BCUT2D eigenvalue weighted by molar-refractivity contribution is 0.0945. The number of nitrogens with zero attached hydrogens (tertiary/aromatic N) is 2. The van der Waals surface area contributed by atoms with Crippen molar-refractivity contribution in [1.29, 1.82) is 0 Å². The highest BCUT2D eigenvalue weighted by Crippen LogP contribution is 2.18. The Morgan fingerprint density at radius 1 is 1.03 bits per heavy atom. The minimum absolute atomic E-state index is 0.207. The van der Waals surface area contributed by atoms with Crippen LogP contribution in [-0.2, 0) is 13.0 Å². The highest BCUT2D eigenvalue weighted by Gasteiger charge is 2.11. The fraction of sp³-hybridized carbons (Fsp3) is 0.208. The first-order valence-corrected chi connectivity index (χ1v) is 10.1. The number of amides is 1.